The Labute approximate surface area is 181 Å². The Morgan fingerprint density at radius 1 is 1.14 bits per heavy atom. The molecule has 2 aromatic rings. The summed E-state index contributed by atoms with van der Waals surface area (Å²) in [6.45, 7) is 4.35. The molecule has 2 fully saturated rings. The van der Waals surface area contributed by atoms with Crippen molar-refractivity contribution in [2.45, 2.75) is 24.3 Å². The standard InChI is InChI=1S/C21H17BrCl2N2O2/c1-2-8-21-18(13-3-5-14(22)6-4-13)7-9-25(21)20(28)26(19(21)27)17-11-15(23)10-16(24)12-17/h2-6,10-12,18H,1,7-9H2/t18-,21-/m1/s1. The molecule has 0 unspecified atom stereocenters. The number of amides is 3. The zero-order valence-electron chi connectivity index (χ0n) is 14.9. The second kappa shape index (κ2) is 7.21. The zero-order valence-corrected chi connectivity index (χ0v) is 18.0. The number of carbonyl (C=O) groups is 2. The molecule has 0 N–H and O–H groups in total. The average Bonchev–Trinajstić information content (AvgIpc) is 3.10. The molecule has 144 valence electrons. The van der Waals surface area contributed by atoms with Crippen LogP contribution < -0.4 is 4.90 Å². The number of hydrogen-bond donors (Lipinski definition) is 0. The van der Waals surface area contributed by atoms with Crippen LogP contribution in [0.2, 0.25) is 10.0 Å². The van der Waals surface area contributed by atoms with E-state index in [0.717, 1.165) is 16.5 Å². The van der Waals surface area contributed by atoms with Crippen molar-refractivity contribution in [3.8, 4) is 0 Å². The van der Waals surface area contributed by atoms with E-state index in [2.05, 4.69) is 22.5 Å². The molecule has 4 nitrogen and oxygen atoms in total. The van der Waals surface area contributed by atoms with Crippen molar-refractivity contribution in [1.82, 2.24) is 4.90 Å². The minimum atomic E-state index is -0.985. The summed E-state index contributed by atoms with van der Waals surface area (Å²) in [5.41, 5.74) is 0.432. The average molecular weight is 480 g/mol. The van der Waals surface area contributed by atoms with Crippen molar-refractivity contribution in [2.75, 3.05) is 11.4 Å². The highest BCUT2D eigenvalue weighted by molar-refractivity contribution is 9.10. The van der Waals surface area contributed by atoms with E-state index >= 15 is 0 Å². The van der Waals surface area contributed by atoms with Gasteiger partial charge in [0.05, 0.1) is 5.69 Å². The van der Waals surface area contributed by atoms with Gasteiger partial charge in [0, 0.05) is 27.0 Å². The molecule has 4 rings (SSSR count). The highest BCUT2D eigenvalue weighted by atomic mass is 79.9. The summed E-state index contributed by atoms with van der Waals surface area (Å²) in [4.78, 5) is 29.8. The van der Waals surface area contributed by atoms with Crippen LogP contribution in [0.1, 0.15) is 24.3 Å². The Morgan fingerprint density at radius 3 is 2.39 bits per heavy atom. The summed E-state index contributed by atoms with van der Waals surface area (Å²) in [5, 5.41) is 0.745. The Morgan fingerprint density at radius 2 is 1.79 bits per heavy atom. The number of nitrogens with zero attached hydrogens (tertiary/aromatic N) is 2. The molecule has 28 heavy (non-hydrogen) atoms. The first-order valence-electron chi connectivity index (χ1n) is 8.87. The number of rotatable bonds is 4. The van der Waals surface area contributed by atoms with E-state index in [4.69, 9.17) is 23.2 Å². The number of fused-ring (bicyclic) bond motifs is 1. The van der Waals surface area contributed by atoms with Crippen LogP contribution in [-0.4, -0.2) is 28.9 Å². The van der Waals surface area contributed by atoms with Gasteiger partial charge in [0.25, 0.3) is 5.91 Å². The lowest BCUT2D eigenvalue weighted by Crippen LogP contribution is -2.48. The molecule has 0 aromatic heterocycles. The molecule has 2 aliphatic rings. The monoisotopic (exact) mass is 478 g/mol. The highest BCUT2D eigenvalue weighted by Crippen LogP contribution is 2.50. The van der Waals surface area contributed by atoms with Gasteiger partial charge < -0.3 is 4.90 Å². The smallest absolute Gasteiger partial charge is 0.308 e. The van der Waals surface area contributed by atoms with E-state index in [0.29, 0.717) is 28.7 Å². The number of halogens is 3. The molecule has 2 saturated heterocycles. The Hall–Kier alpha value is -1.82. The molecular weight excluding hydrogens is 463 g/mol. The Kier molecular flexibility index (Phi) is 5.02. The summed E-state index contributed by atoms with van der Waals surface area (Å²) < 4.78 is 0.966. The first-order chi connectivity index (χ1) is 13.4. The lowest BCUT2D eigenvalue weighted by Gasteiger charge is -2.33. The normalized spacial score (nSPS) is 24.0. The van der Waals surface area contributed by atoms with Crippen LogP contribution >= 0.6 is 39.1 Å². The highest BCUT2D eigenvalue weighted by Gasteiger charge is 2.64. The number of urea groups is 1. The second-order valence-corrected chi connectivity index (χ2v) is 8.80. The molecule has 7 heteroatoms. The van der Waals surface area contributed by atoms with Crippen LogP contribution in [0.5, 0.6) is 0 Å². The maximum absolute atomic E-state index is 13.7. The van der Waals surface area contributed by atoms with Gasteiger partial charge in [-0.25, -0.2) is 9.69 Å². The van der Waals surface area contributed by atoms with Gasteiger partial charge in [-0.05, 0) is 48.7 Å². The number of hydrogen-bond acceptors (Lipinski definition) is 2. The number of benzene rings is 2. The summed E-state index contributed by atoms with van der Waals surface area (Å²) in [7, 11) is 0. The summed E-state index contributed by atoms with van der Waals surface area (Å²) in [6, 6.07) is 12.3. The van der Waals surface area contributed by atoms with E-state index in [-0.39, 0.29) is 17.9 Å². The van der Waals surface area contributed by atoms with Gasteiger partial charge in [0.1, 0.15) is 5.54 Å². The van der Waals surface area contributed by atoms with Gasteiger partial charge in [-0.1, -0.05) is 57.3 Å². The molecule has 3 amide bonds. The number of anilines is 1. The van der Waals surface area contributed by atoms with Crippen LogP contribution in [0.25, 0.3) is 0 Å². The number of carbonyl (C=O) groups excluding carboxylic acids is 2. The van der Waals surface area contributed by atoms with Gasteiger partial charge in [-0.3, -0.25) is 4.79 Å². The van der Waals surface area contributed by atoms with Crippen molar-refractivity contribution < 1.29 is 9.59 Å². The van der Waals surface area contributed by atoms with E-state index in [9.17, 15) is 9.59 Å². The lowest BCUT2D eigenvalue weighted by atomic mass is 9.77. The third-order valence-corrected chi connectivity index (χ3v) is 6.49. The molecule has 0 aliphatic carbocycles. The van der Waals surface area contributed by atoms with Crippen LogP contribution in [0.4, 0.5) is 10.5 Å². The van der Waals surface area contributed by atoms with Crippen LogP contribution in [0, 0.1) is 0 Å². The van der Waals surface area contributed by atoms with Crippen molar-refractivity contribution in [3.05, 3.63) is 75.2 Å². The summed E-state index contributed by atoms with van der Waals surface area (Å²) in [6.07, 6.45) is 2.81. The van der Waals surface area contributed by atoms with Crippen LogP contribution in [0.3, 0.4) is 0 Å². The quantitative estimate of drug-likeness (QED) is 0.397. The lowest BCUT2D eigenvalue weighted by molar-refractivity contribution is -0.124. The first-order valence-corrected chi connectivity index (χ1v) is 10.4. The van der Waals surface area contributed by atoms with Crippen LogP contribution in [-0.2, 0) is 4.79 Å². The fourth-order valence-corrected chi connectivity index (χ4v) is 5.19. The van der Waals surface area contributed by atoms with Crippen molar-refractivity contribution >= 4 is 56.8 Å². The fraction of sp³-hybridized carbons (Fsp3) is 0.238. The van der Waals surface area contributed by atoms with Crippen molar-refractivity contribution in [2.24, 2.45) is 0 Å². The maximum Gasteiger partial charge on any atom is 0.332 e. The summed E-state index contributed by atoms with van der Waals surface area (Å²) >= 11 is 15.7. The van der Waals surface area contributed by atoms with Gasteiger partial charge in [0.2, 0.25) is 0 Å². The van der Waals surface area contributed by atoms with E-state index in [1.807, 2.05) is 24.3 Å². The van der Waals surface area contributed by atoms with Crippen molar-refractivity contribution in [3.63, 3.8) is 0 Å². The van der Waals surface area contributed by atoms with E-state index in [1.54, 1.807) is 29.2 Å². The molecular formula is C21H17BrCl2N2O2. The summed E-state index contributed by atoms with van der Waals surface area (Å²) in [5.74, 6) is -0.379. The number of imide groups is 1. The second-order valence-electron chi connectivity index (χ2n) is 7.01. The molecule has 2 heterocycles. The van der Waals surface area contributed by atoms with E-state index in [1.165, 1.54) is 4.90 Å². The molecule has 0 radical (unpaired) electrons. The largest absolute Gasteiger partial charge is 0.332 e. The predicted octanol–water partition coefficient (Wildman–Crippen LogP) is 6.03. The predicted molar refractivity (Wildman–Crippen MR) is 115 cm³/mol. The molecule has 2 atom stereocenters. The molecule has 2 aromatic carbocycles. The zero-order chi connectivity index (χ0) is 20.1. The first kappa shape index (κ1) is 19.5. The SMILES string of the molecule is C=CC[C@@]12C(=O)N(c3cc(Cl)cc(Cl)c3)C(=O)N1CC[C@@H]2c1ccc(Br)cc1. The Balaban J connectivity index is 1.83. The van der Waals surface area contributed by atoms with Gasteiger partial charge >= 0.3 is 6.03 Å². The van der Waals surface area contributed by atoms with Crippen molar-refractivity contribution in [1.29, 1.82) is 0 Å². The molecule has 0 saturated carbocycles. The Bertz CT molecular complexity index is 959. The minimum absolute atomic E-state index is 0.116. The molecule has 0 spiro atoms. The minimum Gasteiger partial charge on any atom is -0.308 e. The van der Waals surface area contributed by atoms with Gasteiger partial charge in [0.15, 0.2) is 0 Å². The molecule has 0 bridgehead atoms. The fourth-order valence-electron chi connectivity index (χ4n) is 4.41. The van der Waals surface area contributed by atoms with E-state index < -0.39 is 5.54 Å². The topological polar surface area (TPSA) is 40.6 Å². The maximum atomic E-state index is 13.7. The van der Waals surface area contributed by atoms with Crippen LogP contribution in [0.15, 0.2) is 59.6 Å². The third-order valence-electron chi connectivity index (χ3n) is 5.53. The third kappa shape index (κ3) is 2.88. The van der Waals surface area contributed by atoms with Gasteiger partial charge in [-0.2, -0.15) is 0 Å². The molecule has 2 aliphatic heterocycles. The van der Waals surface area contributed by atoms with Gasteiger partial charge in [-0.15, -0.1) is 6.58 Å².